The molecule has 1 aliphatic heterocycles. The monoisotopic (exact) mass is 194 g/mol. The third-order valence-electron chi connectivity index (χ3n) is 2.49. The van der Waals surface area contributed by atoms with Gasteiger partial charge in [0.2, 0.25) is 11.8 Å². The van der Waals surface area contributed by atoms with Crippen LogP contribution >= 0.6 is 0 Å². The number of nitrogens with two attached hydrogens (primary N) is 1. The first-order chi connectivity index (χ1) is 6.60. The fourth-order valence-corrected chi connectivity index (χ4v) is 1.72. The van der Waals surface area contributed by atoms with Gasteiger partial charge in [0.15, 0.2) is 0 Å². The lowest BCUT2D eigenvalue weighted by Crippen LogP contribution is -2.45. The van der Waals surface area contributed by atoms with E-state index in [2.05, 4.69) is 5.92 Å². The molecule has 0 saturated carbocycles. The molecule has 0 aromatic carbocycles. The topological polar surface area (TPSA) is 63.4 Å². The Morgan fingerprint density at radius 1 is 1.86 bits per heavy atom. The third-order valence-corrected chi connectivity index (χ3v) is 2.49. The summed E-state index contributed by atoms with van der Waals surface area (Å²) in [5.41, 5.74) is 5.19. The van der Waals surface area contributed by atoms with Crippen LogP contribution in [0.25, 0.3) is 0 Å². The molecule has 1 aliphatic rings. The minimum absolute atomic E-state index is 0.0707. The predicted molar refractivity (Wildman–Crippen MR) is 51.9 cm³/mol. The van der Waals surface area contributed by atoms with Gasteiger partial charge >= 0.3 is 0 Å². The minimum Gasteiger partial charge on any atom is -0.368 e. The van der Waals surface area contributed by atoms with Crippen LogP contribution in [-0.2, 0) is 9.59 Å². The minimum atomic E-state index is -0.499. The zero-order valence-electron chi connectivity index (χ0n) is 8.19. The van der Waals surface area contributed by atoms with Gasteiger partial charge in [0, 0.05) is 18.9 Å². The second-order valence-corrected chi connectivity index (χ2v) is 3.44. The lowest BCUT2D eigenvalue weighted by Gasteiger charge is -2.23. The van der Waals surface area contributed by atoms with Crippen LogP contribution in [-0.4, -0.2) is 29.3 Å². The van der Waals surface area contributed by atoms with E-state index < -0.39 is 11.9 Å². The molecule has 2 atom stereocenters. The molecule has 4 nitrogen and oxygen atoms in total. The summed E-state index contributed by atoms with van der Waals surface area (Å²) in [5.74, 6) is 1.92. The summed E-state index contributed by atoms with van der Waals surface area (Å²) in [4.78, 5) is 24.0. The van der Waals surface area contributed by atoms with Crippen molar-refractivity contribution in [1.82, 2.24) is 4.90 Å². The van der Waals surface area contributed by atoms with Gasteiger partial charge in [-0.1, -0.05) is 6.92 Å². The molecule has 76 valence electrons. The molecule has 0 aromatic heterocycles. The SMILES string of the molecule is C#CC1CC(=O)N(C(CC)C(N)=O)C1. The normalized spacial score (nSPS) is 23.3. The van der Waals surface area contributed by atoms with Crippen LogP contribution in [0.1, 0.15) is 19.8 Å². The molecule has 1 saturated heterocycles. The van der Waals surface area contributed by atoms with E-state index in [1.165, 1.54) is 4.90 Å². The number of nitrogens with zero attached hydrogens (tertiary/aromatic N) is 1. The Morgan fingerprint density at radius 3 is 2.86 bits per heavy atom. The van der Waals surface area contributed by atoms with Crippen molar-refractivity contribution >= 4 is 11.8 Å². The maximum Gasteiger partial charge on any atom is 0.240 e. The van der Waals surface area contributed by atoms with Crippen LogP contribution in [0.3, 0.4) is 0 Å². The number of carbonyl (C=O) groups excluding carboxylic acids is 2. The van der Waals surface area contributed by atoms with Gasteiger partial charge < -0.3 is 10.6 Å². The van der Waals surface area contributed by atoms with Crippen molar-refractivity contribution in [3.8, 4) is 12.3 Å². The van der Waals surface area contributed by atoms with Crippen molar-refractivity contribution in [2.75, 3.05) is 6.54 Å². The Hall–Kier alpha value is -1.50. The van der Waals surface area contributed by atoms with Gasteiger partial charge in [0.1, 0.15) is 6.04 Å². The van der Waals surface area contributed by atoms with E-state index in [9.17, 15) is 9.59 Å². The Bertz CT molecular complexity index is 293. The Morgan fingerprint density at radius 2 is 2.50 bits per heavy atom. The molecule has 14 heavy (non-hydrogen) atoms. The van der Waals surface area contributed by atoms with Gasteiger partial charge in [-0.3, -0.25) is 9.59 Å². The fourth-order valence-electron chi connectivity index (χ4n) is 1.72. The molecular weight excluding hydrogens is 180 g/mol. The van der Waals surface area contributed by atoms with Gasteiger partial charge in [0.25, 0.3) is 0 Å². The second kappa shape index (κ2) is 4.14. The number of amides is 2. The highest BCUT2D eigenvalue weighted by molar-refractivity contribution is 5.88. The van der Waals surface area contributed by atoms with E-state index in [1.807, 2.05) is 6.92 Å². The molecule has 1 rings (SSSR count). The van der Waals surface area contributed by atoms with E-state index >= 15 is 0 Å². The van der Waals surface area contributed by atoms with Crippen LogP contribution in [0.5, 0.6) is 0 Å². The highest BCUT2D eigenvalue weighted by Gasteiger charge is 2.34. The lowest BCUT2D eigenvalue weighted by atomic mass is 10.1. The first-order valence-electron chi connectivity index (χ1n) is 4.65. The van der Waals surface area contributed by atoms with Crippen molar-refractivity contribution in [3.05, 3.63) is 0 Å². The van der Waals surface area contributed by atoms with Gasteiger partial charge in [-0.2, -0.15) is 0 Å². The van der Waals surface area contributed by atoms with Gasteiger partial charge in [-0.25, -0.2) is 0 Å². The predicted octanol–water partition coefficient (Wildman–Crippen LogP) is -0.268. The number of rotatable bonds is 3. The molecule has 1 fully saturated rings. The molecule has 2 unspecified atom stereocenters. The van der Waals surface area contributed by atoms with Gasteiger partial charge in [-0.05, 0) is 6.42 Å². The van der Waals surface area contributed by atoms with Crippen LogP contribution in [0.2, 0.25) is 0 Å². The number of carbonyl (C=O) groups is 2. The van der Waals surface area contributed by atoms with Gasteiger partial charge in [0.05, 0.1) is 0 Å². The molecular formula is C10H14N2O2. The first-order valence-corrected chi connectivity index (χ1v) is 4.65. The number of likely N-dealkylation sites (tertiary alicyclic amines) is 1. The molecule has 0 aliphatic carbocycles. The molecule has 0 aromatic rings. The van der Waals surface area contributed by atoms with Crippen LogP contribution < -0.4 is 5.73 Å². The molecule has 1 heterocycles. The Balaban J connectivity index is 2.74. The molecule has 0 radical (unpaired) electrons. The fraction of sp³-hybridized carbons (Fsp3) is 0.600. The van der Waals surface area contributed by atoms with E-state index in [4.69, 9.17) is 12.2 Å². The largest absolute Gasteiger partial charge is 0.368 e. The van der Waals surface area contributed by atoms with Crippen molar-refractivity contribution in [2.24, 2.45) is 11.7 Å². The summed E-state index contributed by atoms with van der Waals surface area (Å²) in [7, 11) is 0. The van der Waals surface area contributed by atoms with E-state index in [-0.39, 0.29) is 11.8 Å². The van der Waals surface area contributed by atoms with Gasteiger partial charge in [-0.15, -0.1) is 12.3 Å². The summed E-state index contributed by atoms with van der Waals surface area (Å²) in [6.07, 6.45) is 6.10. The zero-order chi connectivity index (χ0) is 10.7. The summed E-state index contributed by atoms with van der Waals surface area (Å²) in [6.45, 7) is 2.28. The summed E-state index contributed by atoms with van der Waals surface area (Å²) >= 11 is 0. The maximum atomic E-state index is 11.5. The van der Waals surface area contributed by atoms with Crippen LogP contribution in [0.15, 0.2) is 0 Å². The Labute approximate surface area is 83.4 Å². The van der Waals surface area contributed by atoms with Crippen molar-refractivity contribution < 1.29 is 9.59 Å². The van der Waals surface area contributed by atoms with E-state index in [1.54, 1.807) is 0 Å². The molecule has 2 N–H and O–H groups in total. The first kappa shape index (κ1) is 10.6. The second-order valence-electron chi connectivity index (χ2n) is 3.44. The standard InChI is InChI=1S/C10H14N2O2/c1-3-7-5-9(13)12(6-7)8(4-2)10(11)14/h1,7-8H,4-6H2,2H3,(H2,11,14). The molecule has 2 amide bonds. The quantitative estimate of drug-likeness (QED) is 0.629. The average molecular weight is 194 g/mol. The van der Waals surface area contributed by atoms with Crippen molar-refractivity contribution in [2.45, 2.75) is 25.8 Å². The smallest absolute Gasteiger partial charge is 0.240 e. The van der Waals surface area contributed by atoms with Crippen LogP contribution in [0, 0.1) is 18.3 Å². The van der Waals surface area contributed by atoms with Crippen molar-refractivity contribution in [1.29, 1.82) is 0 Å². The van der Waals surface area contributed by atoms with Crippen molar-refractivity contribution in [3.63, 3.8) is 0 Å². The summed E-state index contributed by atoms with van der Waals surface area (Å²) in [6, 6.07) is -0.499. The van der Waals surface area contributed by atoms with Crippen LogP contribution in [0.4, 0.5) is 0 Å². The number of terminal acetylenes is 1. The molecule has 0 spiro atoms. The molecule has 4 heteroatoms. The lowest BCUT2D eigenvalue weighted by molar-refractivity contribution is -0.136. The highest BCUT2D eigenvalue weighted by atomic mass is 16.2. The third kappa shape index (κ3) is 1.87. The summed E-state index contributed by atoms with van der Waals surface area (Å²) in [5, 5.41) is 0. The average Bonchev–Trinajstić information content (AvgIpc) is 2.48. The number of hydrogen-bond donors (Lipinski definition) is 1. The Kier molecular flexibility index (Phi) is 3.13. The maximum absolute atomic E-state index is 11.5. The number of hydrogen-bond acceptors (Lipinski definition) is 2. The zero-order valence-corrected chi connectivity index (χ0v) is 8.19. The summed E-state index contributed by atoms with van der Waals surface area (Å²) < 4.78 is 0. The highest BCUT2D eigenvalue weighted by Crippen LogP contribution is 2.20. The van der Waals surface area contributed by atoms with E-state index in [0.29, 0.717) is 19.4 Å². The number of primary amides is 1. The molecule has 0 bridgehead atoms. The van der Waals surface area contributed by atoms with E-state index in [0.717, 1.165) is 0 Å².